The lowest BCUT2D eigenvalue weighted by molar-refractivity contribution is 0.170. The third-order valence-electron chi connectivity index (χ3n) is 4.21. The fourth-order valence-corrected chi connectivity index (χ4v) is 3.41. The Balaban J connectivity index is 1.54. The van der Waals surface area contributed by atoms with Crippen molar-refractivity contribution in [2.75, 3.05) is 39.3 Å². The molecule has 2 aliphatic heterocycles. The molecule has 2 heterocycles. The molecule has 4 heteroatoms. The third-order valence-corrected chi connectivity index (χ3v) is 4.45. The quantitative estimate of drug-likeness (QED) is 0.911. The Hall–Kier alpha value is -0.610. The standard InChI is InChI=1S/C15H22ClN3/c16-14-3-1-2-13(10-14)11-18-7-4-15(12-18)19-8-5-17-6-9-19/h1-3,10,15,17H,4-9,11-12H2. The van der Waals surface area contributed by atoms with Gasteiger partial charge in [0.05, 0.1) is 0 Å². The van der Waals surface area contributed by atoms with E-state index in [9.17, 15) is 0 Å². The Kier molecular flexibility index (Phi) is 4.38. The summed E-state index contributed by atoms with van der Waals surface area (Å²) in [6.07, 6.45) is 1.31. The van der Waals surface area contributed by atoms with Crippen molar-refractivity contribution in [2.45, 2.75) is 19.0 Å². The van der Waals surface area contributed by atoms with E-state index in [0.717, 1.165) is 30.7 Å². The first-order valence-electron chi connectivity index (χ1n) is 7.23. The fourth-order valence-electron chi connectivity index (χ4n) is 3.19. The highest BCUT2D eigenvalue weighted by Crippen LogP contribution is 2.19. The molecule has 0 aliphatic carbocycles. The molecule has 2 fully saturated rings. The first-order valence-corrected chi connectivity index (χ1v) is 7.60. The summed E-state index contributed by atoms with van der Waals surface area (Å²) in [4.78, 5) is 5.20. The van der Waals surface area contributed by atoms with E-state index in [1.807, 2.05) is 12.1 Å². The van der Waals surface area contributed by atoms with E-state index in [1.165, 1.54) is 38.2 Å². The molecule has 19 heavy (non-hydrogen) atoms. The average molecular weight is 280 g/mol. The molecule has 1 atom stereocenters. The van der Waals surface area contributed by atoms with E-state index < -0.39 is 0 Å². The van der Waals surface area contributed by atoms with E-state index in [-0.39, 0.29) is 0 Å². The second kappa shape index (κ2) is 6.23. The van der Waals surface area contributed by atoms with Crippen molar-refractivity contribution < 1.29 is 0 Å². The normalized spacial score (nSPS) is 25.8. The summed E-state index contributed by atoms with van der Waals surface area (Å²) >= 11 is 6.05. The van der Waals surface area contributed by atoms with Crippen molar-refractivity contribution >= 4 is 11.6 Å². The topological polar surface area (TPSA) is 18.5 Å². The molecule has 1 aromatic carbocycles. The monoisotopic (exact) mass is 279 g/mol. The lowest BCUT2D eigenvalue weighted by atomic mass is 10.2. The number of piperazine rings is 1. The highest BCUT2D eigenvalue weighted by molar-refractivity contribution is 6.30. The minimum Gasteiger partial charge on any atom is -0.314 e. The van der Waals surface area contributed by atoms with Crippen molar-refractivity contribution in [3.8, 4) is 0 Å². The molecule has 2 saturated heterocycles. The molecule has 0 amide bonds. The number of nitrogens with zero attached hydrogens (tertiary/aromatic N) is 2. The van der Waals surface area contributed by atoms with Crippen LogP contribution in [0.2, 0.25) is 5.02 Å². The largest absolute Gasteiger partial charge is 0.314 e. The van der Waals surface area contributed by atoms with Crippen LogP contribution in [0, 0.1) is 0 Å². The molecule has 1 aromatic rings. The highest BCUT2D eigenvalue weighted by atomic mass is 35.5. The second-order valence-corrected chi connectivity index (χ2v) is 6.03. The molecule has 104 valence electrons. The molecule has 1 N–H and O–H groups in total. The predicted molar refractivity (Wildman–Crippen MR) is 79.6 cm³/mol. The van der Waals surface area contributed by atoms with Crippen molar-refractivity contribution in [1.82, 2.24) is 15.1 Å². The summed E-state index contributed by atoms with van der Waals surface area (Å²) in [5.74, 6) is 0. The molecule has 0 aromatic heterocycles. The van der Waals surface area contributed by atoms with Crippen molar-refractivity contribution in [2.24, 2.45) is 0 Å². The predicted octanol–water partition coefficient (Wildman–Crippen LogP) is 1.82. The van der Waals surface area contributed by atoms with Gasteiger partial charge in [-0.2, -0.15) is 0 Å². The molecule has 0 spiro atoms. The van der Waals surface area contributed by atoms with Gasteiger partial charge in [-0.15, -0.1) is 0 Å². The maximum Gasteiger partial charge on any atom is 0.0409 e. The summed E-state index contributed by atoms with van der Waals surface area (Å²) < 4.78 is 0. The van der Waals surface area contributed by atoms with Crippen LogP contribution >= 0.6 is 11.6 Å². The van der Waals surface area contributed by atoms with Crippen LogP contribution in [0.25, 0.3) is 0 Å². The SMILES string of the molecule is Clc1cccc(CN2CCC(N3CCNCC3)C2)c1. The Bertz CT molecular complexity index is 418. The molecule has 3 nitrogen and oxygen atoms in total. The maximum absolute atomic E-state index is 6.05. The van der Waals surface area contributed by atoms with Crippen molar-refractivity contribution in [3.05, 3.63) is 34.9 Å². The lowest BCUT2D eigenvalue weighted by Gasteiger charge is -2.32. The van der Waals surface area contributed by atoms with Gasteiger partial charge in [0, 0.05) is 56.9 Å². The van der Waals surface area contributed by atoms with E-state index >= 15 is 0 Å². The fraction of sp³-hybridized carbons (Fsp3) is 0.600. The molecular weight excluding hydrogens is 258 g/mol. The van der Waals surface area contributed by atoms with Crippen LogP contribution in [0.15, 0.2) is 24.3 Å². The zero-order valence-electron chi connectivity index (χ0n) is 11.3. The first-order chi connectivity index (χ1) is 9.31. The van der Waals surface area contributed by atoms with Gasteiger partial charge < -0.3 is 5.32 Å². The Labute approximate surface area is 120 Å². The summed E-state index contributed by atoms with van der Waals surface area (Å²) in [5, 5.41) is 4.27. The number of nitrogens with one attached hydrogen (secondary N) is 1. The van der Waals surface area contributed by atoms with Crippen molar-refractivity contribution in [3.63, 3.8) is 0 Å². The van der Waals surface area contributed by atoms with Crippen LogP contribution in [0.4, 0.5) is 0 Å². The lowest BCUT2D eigenvalue weighted by Crippen LogP contribution is -2.49. The zero-order valence-corrected chi connectivity index (χ0v) is 12.1. The Morgan fingerprint density at radius 3 is 2.84 bits per heavy atom. The van der Waals surface area contributed by atoms with Gasteiger partial charge in [-0.1, -0.05) is 23.7 Å². The Morgan fingerprint density at radius 1 is 1.21 bits per heavy atom. The summed E-state index contributed by atoms with van der Waals surface area (Å²) in [7, 11) is 0. The number of halogens is 1. The van der Waals surface area contributed by atoms with Crippen LogP contribution in [-0.4, -0.2) is 55.1 Å². The van der Waals surface area contributed by atoms with Crippen molar-refractivity contribution in [1.29, 1.82) is 0 Å². The number of benzene rings is 1. The Morgan fingerprint density at radius 2 is 2.05 bits per heavy atom. The zero-order chi connectivity index (χ0) is 13.1. The average Bonchev–Trinajstić information content (AvgIpc) is 2.88. The van der Waals surface area contributed by atoms with Gasteiger partial charge in [-0.05, 0) is 24.1 Å². The minimum absolute atomic E-state index is 0.751. The third kappa shape index (κ3) is 3.48. The van der Waals surface area contributed by atoms with Gasteiger partial charge in [-0.3, -0.25) is 9.80 Å². The van der Waals surface area contributed by atoms with Crippen LogP contribution in [0.5, 0.6) is 0 Å². The minimum atomic E-state index is 0.751. The van der Waals surface area contributed by atoms with Crippen LogP contribution in [0.3, 0.4) is 0 Å². The molecule has 0 radical (unpaired) electrons. The number of hydrogen-bond acceptors (Lipinski definition) is 3. The van der Waals surface area contributed by atoms with E-state index in [4.69, 9.17) is 11.6 Å². The van der Waals surface area contributed by atoms with Crippen LogP contribution < -0.4 is 5.32 Å². The van der Waals surface area contributed by atoms with Gasteiger partial charge >= 0.3 is 0 Å². The molecule has 0 bridgehead atoms. The van der Waals surface area contributed by atoms with Gasteiger partial charge in [-0.25, -0.2) is 0 Å². The smallest absolute Gasteiger partial charge is 0.0409 e. The molecular formula is C15H22ClN3. The summed E-state index contributed by atoms with van der Waals surface area (Å²) in [6.45, 7) is 8.14. The molecule has 0 saturated carbocycles. The highest BCUT2D eigenvalue weighted by Gasteiger charge is 2.28. The number of rotatable bonds is 3. The van der Waals surface area contributed by atoms with Gasteiger partial charge in [0.1, 0.15) is 0 Å². The second-order valence-electron chi connectivity index (χ2n) is 5.59. The van der Waals surface area contributed by atoms with E-state index in [1.54, 1.807) is 0 Å². The molecule has 2 aliphatic rings. The maximum atomic E-state index is 6.05. The summed E-state index contributed by atoms with van der Waals surface area (Å²) in [6, 6.07) is 8.99. The van der Waals surface area contributed by atoms with Crippen LogP contribution in [-0.2, 0) is 6.54 Å². The van der Waals surface area contributed by atoms with Gasteiger partial charge in [0.15, 0.2) is 0 Å². The van der Waals surface area contributed by atoms with Gasteiger partial charge in [0.2, 0.25) is 0 Å². The van der Waals surface area contributed by atoms with Crippen LogP contribution in [0.1, 0.15) is 12.0 Å². The molecule has 1 unspecified atom stereocenters. The van der Waals surface area contributed by atoms with E-state index in [0.29, 0.717) is 0 Å². The van der Waals surface area contributed by atoms with E-state index in [2.05, 4.69) is 27.2 Å². The van der Waals surface area contributed by atoms with Gasteiger partial charge in [0.25, 0.3) is 0 Å². The summed E-state index contributed by atoms with van der Waals surface area (Å²) in [5.41, 5.74) is 1.33. The first kappa shape index (κ1) is 13.4. The number of hydrogen-bond donors (Lipinski definition) is 1. The number of likely N-dealkylation sites (tertiary alicyclic amines) is 1. The molecule has 3 rings (SSSR count).